The van der Waals surface area contributed by atoms with Crippen molar-refractivity contribution in [3.05, 3.63) is 81.6 Å². The number of fused-ring (bicyclic) bond motifs is 1. The van der Waals surface area contributed by atoms with Gasteiger partial charge in [0.1, 0.15) is 0 Å². The summed E-state index contributed by atoms with van der Waals surface area (Å²) in [7, 11) is 0. The zero-order chi connectivity index (χ0) is 19.4. The molecule has 0 heterocycles. The van der Waals surface area contributed by atoms with Crippen molar-refractivity contribution < 1.29 is 14.3 Å². The van der Waals surface area contributed by atoms with Crippen LogP contribution < -0.4 is 0 Å². The van der Waals surface area contributed by atoms with Crippen molar-refractivity contribution in [3.63, 3.8) is 0 Å². The molecule has 27 heavy (non-hydrogen) atoms. The Morgan fingerprint density at radius 3 is 2.26 bits per heavy atom. The van der Waals surface area contributed by atoms with Gasteiger partial charge < -0.3 is 4.74 Å². The van der Waals surface area contributed by atoms with Crippen LogP contribution in [0.15, 0.2) is 59.9 Å². The molecule has 1 aliphatic rings. The molecule has 0 aliphatic heterocycles. The molecule has 2 aromatic carbocycles. The monoisotopic (exact) mass is 400 g/mol. The molecule has 0 fully saturated rings. The first-order chi connectivity index (χ1) is 13.0. The number of carbonyl (C=O) groups is 2. The summed E-state index contributed by atoms with van der Waals surface area (Å²) < 4.78 is 5.85. The topological polar surface area (TPSA) is 43.4 Å². The molecule has 1 aliphatic carbocycles. The molecule has 1 unspecified atom stereocenters. The second kappa shape index (κ2) is 8.77. The second-order valence-corrected chi connectivity index (χ2v) is 7.54. The van der Waals surface area contributed by atoms with Gasteiger partial charge in [-0.15, -0.1) is 0 Å². The number of Topliss-reactive ketones (excluding diaryl/α,β-unsaturated/α-hetero) is 2. The van der Waals surface area contributed by atoms with E-state index >= 15 is 0 Å². The Morgan fingerprint density at radius 2 is 1.63 bits per heavy atom. The highest BCUT2D eigenvalue weighted by molar-refractivity contribution is 7.80. The molecule has 140 valence electrons. The Labute approximate surface area is 169 Å². The van der Waals surface area contributed by atoms with E-state index in [2.05, 4.69) is 19.6 Å². The third kappa shape index (κ3) is 4.45. The molecule has 0 spiro atoms. The van der Waals surface area contributed by atoms with E-state index in [0.29, 0.717) is 40.7 Å². The lowest BCUT2D eigenvalue weighted by atomic mass is 9.85. The predicted molar refractivity (Wildman–Crippen MR) is 111 cm³/mol. The largest absolute Gasteiger partial charge is 0.489 e. The van der Waals surface area contributed by atoms with Gasteiger partial charge in [-0.1, -0.05) is 54.9 Å². The zero-order valence-electron chi connectivity index (χ0n) is 15.1. The van der Waals surface area contributed by atoms with Gasteiger partial charge in [-0.2, -0.15) is 12.6 Å². The SMILES string of the molecule is CC(CS)CCOC1=C(Cc2ccc(Cl)cc2)C(=O)c2ccccc2C1=O. The van der Waals surface area contributed by atoms with Gasteiger partial charge in [-0.05, 0) is 35.8 Å². The van der Waals surface area contributed by atoms with Crippen LogP contribution in [-0.2, 0) is 11.2 Å². The van der Waals surface area contributed by atoms with Gasteiger partial charge >= 0.3 is 0 Å². The van der Waals surface area contributed by atoms with E-state index in [4.69, 9.17) is 16.3 Å². The molecule has 1 atom stereocenters. The van der Waals surface area contributed by atoms with Gasteiger partial charge in [-0.3, -0.25) is 9.59 Å². The number of ketones is 2. The first-order valence-electron chi connectivity index (χ1n) is 8.91. The Morgan fingerprint density at radius 1 is 1.00 bits per heavy atom. The number of thiol groups is 1. The number of benzene rings is 2. The van der Waals surface area contributed by atoms with Crippen molar-refractivity contribution in [2.24, 2.45) is 5.92 Å². The predicted octanol–water partition coefficient (Wildman–Crippen LogP) is 5.19. The van der Waals surface area contributed by atoms with Gasteiger partial charge in [0, 0.05) is 22.6 Å². The summed E-state index contributed by atoms with van der Waals surface area (Å²) in [5.41, 5.74) is 2.14. The van der Waals surface area contributed by atoms with Gasteiger partial charge in [0.2, 0.25) is 5.78 Å². The van der Waals surface area contributed by atoms with E-state index in [0.717, 1.165) is 17.7 Å². The van der Waals surface area contributed by atoms with Crippen molar-refractivity contribution in [1.82, 2.24) is 0 Å². The molecule has 0 radical (unpaired) electrons. The molecule has 0 saturated heterocycles. The molecule has 3 rings (SSSR count). The maximum Gasteiger partial charge on any atom is 0.228 e. The lowest BCUT2D eigenvalue weighted by molar-refractivity contribution is 0.0861. The summed E-state index contributed by atoms with van der Waals surface area (Å²) in [6.45, 7) is 2.45. The molecule has 0 N–H and O–H groups in total. The lowest BCUT2D eigenvalue weighted by Crippen LogP contribution is -2.25. The number of hydrogen-bond acceptors (Lipinski definition) is 4. The van der Waals surface area contributed by atoms with E-state index < -0.39 is 0 Å². The Hall–Kier alpha value is -2.04. The summed E-state index contributed by atoms with van der Waals surface area (Å²) in [6, 6.07) is 14.2. The Bertz CT molecular complexity index is 887. The van der Waals surface area contributed by atoms with Crippen LogP contribution in [0.25, 0.3) is 0 Å². The van der Waals surface area contributed by atoms with Gasteiger partial charge in [-0.25, -0.2) is 0 Å². The van der Waals surface area contributed by atoms with E-state index in [1.54, 1.807) is 36.4 Å². The number of carbonyl (C=O) groups excluding carboxylic acids is 2. The van der Waals surface area contributed by atoms with Crippen LogP contribution >= 0.6 is 24.2 Å². The minimum atomic E-state index is -0.229. The maximum atomic E-state index is 13.1. The van der Waals surface area contributed by atoms with Crippen LogP contribution in [0.5, 0.6) is 0 Å². The molecule has 2 aromatic rings. The van der Waals surface area contributed by atoms with Crippen LogP contribution in [0.4, 0.5) is 0 Å². The number of allylic oxidation sites excluding steroid dienone is 2. The smallest absolute Gasteiger partial charge is 0.228 e. The fraction of sp³-hybridized carbons (Fsp3) is 0.273. The zero-order valence-corrected chi connectivity index (χ0v) is 16.7. The van der Waals surface area contributed by atoms with Crippen molar-refractivity contribution in [2.45, 2.75) is 19.8 Å². The minimum Gasteiger partial charge on any atom is -0.489 e. The molecule has 5 heteroatoms. The fourth-order valence-electron chi connectivity index (χ4n) is 2.98. The average molecular weight is 401 g/mol. The van der Waals surface area contributed by atoms with Gasteiger partial charge in [0.15, 0.2) is 11.5 Å². The minimum absolute atomic E-state index is 0.155. The molecular formula is C22H21ClO3S. The van der Waals surface area contributed by atoms with E-state index in [9.17, 15) is 9.59 Å². The normalized spacial score (nSPS) is 14.9. The van der Waals surface area contributed by atoms with Gasteiger partial charge in [0.05, 0.1) is 12.2 Å². The highest BCUT2D eigenvalue weighted by Gasteiger charge is 2.33. The third-order valence-electron chi connectivity index (χ3n) is 4.63. The molecule has 0 amide bonds. The summed E-state index contributed by atoms with van der Waals surface area (Å²) in [6.07, 6.45) is 1.10. The van der Waals surface area contributed by atoms with Crippen LogP contribution in [0, 0.1) is 5.92 Å². The summed E-state index contributed by atoms with van der Waals surface area (Å²) in [4.78, 5) is 26.1. The van der Waals surface area contributed by atoms with E-state index in [1.807, 2.05) is 12.1 Å². The lowest BCUT2D eigenvalue weighted by Gasteiger charge is -2.22. The van der Waals surface area contributed by atoms with Crippen molar-refractivity contribution in [1.29, 1.82) is 0 Å². The Kier molecular flexibility index (Phi) is 6.40. The second-order valence-electron chi connectivity index (χ2n) is 6.74. The number of rotatable bonds is 7. The molecule has 0 saturated carbocycles. The van der Waals surface area contributed by atoms with Crippen molar-refractivity contribution >= 4 is 35.8 Å². The summed E-state index contributed by atoms with van der Waals surface area (Å²) in [5, 5.41) is 0.626. The molecular weight excluding hydrogens is 380 g/mol. The molecule has 3 nitrogen and oxygen atoms in total. The summed E-state index contributed by atoms with van der Waals surface area (Å²) in [5.74, 6) is 0.899. The number of hydrogen-bond donors (Lipinski definition) is 1. The van der Waals surface area contributed by atoms with Gasteiger partial charge in [0.25, 0.3) is 0 Å². The number of ether oxygens (including phenoxy) is 1. The molecule has 0 aromatic heterocycles. The summed E-state index contributed by atoms with van der Waals surface area (Å²) >= 11 is 10.2. The standard InChI is InChI=1S/C22H21ClO3S/c1-14(13-27)10-11-26-22-19(12-15-6-8-16(23)9-7-15)20(24)17-4-2-3-5-18(17)21(22)25/h2-9,14,27H,10-13H2,1H3. The first-order valence-corrected chi connectivity index (χ1v) is 9.92. The quantitative estimate of drug-likeness (QED) is 0.650. The average Bonchev–Trinajstić information content (AvgIpc) is 2.69. The van der Waals surface area contributed by atoms with Crippen LogP contribution in [-0.4, -0.2) is 23.9 Å². The fourth-order valence-corrected chi connectivity index (χ4v) is 3.29. The number of halogens is 1. The molecule has 0 bridgehead atoms. The first kappa shape index (κ1) is 19.7. The highest BCUT2D eigenvalue weighted by atomic mass is 35.5. The van der Waals surface area contributed by atoms with Crippen LogP contribution in [0.2, 0.25) is 5.02 Å². The van der Waals surface area contributed by atoms with Crippen molar-refractivity contribution in [3.8, 4) is 0 Å². The van der Waals surface area contributed by atoms with E-state index in [-0.39, 0.29) is 17.3 Å². The third-order valence-corrected chi connectivity index (χ3v) is 5.51. The Balaban J connectivity index is 1.95. The van der Waals surface area contributed by atoms with Crippen LogP contribution in [0.3, 0.4) is 0 Å². The van der Waals surface area contributed by atoms with Crippen molar-refractivity contribution in [2.75, 3.05) is 12.4 Å². The highest BCUT2D eigenvalue weighted by Crippen LogP contribution is 2.29. The van der Waals surface area contributed by atoms with E-state index in [1.165, 1.54) is 0 Å². The van der Waals surface area contributed by atoms with Crippen LogP contribution in [0.1, 0.15) is 39.6 Å². The maximum absolute atomic E-state index is 13.1.